The van der Waals surface area contributed by atoms with Gasteiger partial charge in [0.1, 0.15) is 11.5 Å². The predicted molar refractivity (Wildman–Crippen MR) is 98.6 cm³/mol. The lowest BCUT2D eigenvalue weighted by molar-refractivity contribution is -0.138. The molecule has 0 spiro atoms. The maximum absolute atomic E-state index is 13.0. The van der Waals surface area contributed by atoms with Gasteiger partial charge in [-0.2, -0.15) is 13.2 Å². The van der Waals surface area contributed by atoms with Crippen molar-refractivity contribution in [1.82, 2.24) is 9.97 Å². The van der Waals surface area contributed by atoms with Gasteiger partial charge in [-0.1, -0.05) is 30.3 Å². The average molecular weight is 384 g/mol. The molecule has 0 aliphatic heterocycles. The number of benzene rings is 2. The smallest absolute Gasteiger partial charge is 0.419 e. The van der Waals surface area contributed by atoms with E-state index in [-0.39, 0.29) is 11.3 Å². The highest BCUT2D eigenvalue weighted by Crippen LogP contribution is 2.39. The number of hydrogen-bond donors (Lipinski definition) is 2. The first-order chi connectivity index (χ1) is 13.3. The quantitative estimate of drug-likeness (QED) is 0.453. The lowest BCUT2D eigenvalue weighted by Gasteiger charge is -2.09. The summed E-state index contributed by atoms with van der Waals surface area (Å²) in [5.41, 5.74) is 1.68. The second kappa shape index (κ2) is 6.60. The number of H-pyrrole nitrogens is 1. The SMILES string of the molecule is Cc1[nH]c(-c2ccc(-c3ccc(O)c(C(F)(F)F)c3)o2)nc1-c1ccccc1. The zero-order valence-corrected chi connectivity index (χ0v) is 14.7. The van der Waals surface area contributed by atoms with Crippen molar-refractivity contribution in [2.45, 2.75) is 13.1 Å². The molecular formula is C21H15F3N2O2. The van der Waals surface area contributed by atoms with E-state index in [0.717, 1.165) is 29.1 Å². The Bertz CT molecular complexity index is 1130. The highest BCUT2D eigenvalue weighted by molar-refractivity contribution is 5.68. The van der Waals surface area contributed by atoms with E-state index in [9.17, 15) is 18.3 Å². The lowest BCUT2D eigenvalue weighted by Crippen LogP contribution is -2.05. The van der Waals surface area contributed by atoms with Crippen LogP contribution in [-0.4, -0.2) is 15.1 Å². The molecule has 0 aliphatic carbocycles. The van der Waals surface area contributed by atoms with Crippen molar-refractivity contribution < 1.29 is 22.7 Å². The zero-order chi connectivity index (χ0) is 19.9. The number of alkyl halides is 3. The number of aromatic hydroxyl groups is 1. The molecule has 0 bridgehead atoms. The van der Waals surface area contributed by atoms with Gasteiger partial charge in [0.2, 0.25) is 0 Å². The van der Waals surface area contributed by atoms with Crippen LogP contribution in [0.1, 0.15) is 11.3 Å². The molecule has 2 aromatic carbocycles. The minimum atomic E-state index is -4.65. The summed E-state index contributed by atoms with van der Waals surface area (Å²) in [6.07, 6.45) is -4.65. The number of phenolic OH excluding ortho intramolecular Hbond substituents is 1. The number of rotatable bonds is 3. The van der Waals surface area contributed by atoms with Gasteiger partial charge in [0.25, 0.3) is 0 Å². The van der Waals surface area contributed by atoms with Crippen molar-refractivity contribution >= 4 is 0 Å². The number of hydrogen-bond acceptors (Lipinski definition) is 3. The van der Waals surface area contributed by atoms with E-state index in [1.807, 2.05) is 37.3 Å². The summed E-state index contributed by atoms with van der Waals surface area (Å²) >= 11 is 0. The molecule has 4 aromatic rings. The average Bonchev–Trinajstić information content (AvgIpc) is 3.29. The number of furan rings is 1. The maximum atomic E-state index is 13.0. The van der Waals surface area contributed by atoms with Gasteiger partial charge in [0.05, 0.1) is 11.3 Å². The number of nitrogens with one attached hydrogen (secondary N) is 1. The fourth-order valence-corrected chi connectivity index (χ4v) is 2.99. The van der Waals surface area contributed by atoms with Crippen molar-refractivity contribution in [3.63, 3.8) is 0 Å². The molecule has 0 atom stereocenters. The Hall–Kier alpha value is -3.48. The van der Waals surface area contributed by atoms with Crippen LogP contribution in [0.3, 0.4) is 0 Å². The van der Waals surface area contributed by atoms with Crippen LogP contribution >= 0.6 is 0 Å². The Balaban J connectivity index is 1.70. The van der Waals surface area contributed by atoms with E-state index in [0.29, 0.717) is 11.6 Å². The molecule has 2 N–H and O–H groups in total. The molecule has 0 aliphatic rings. The molecule has 142 valence electrons. The summed E-state index contributed by atoms with van der Waals surface area (Å²) in [4.78, 5) is 7.70. The third kappa shape index (κ3) is 3.26. The van der Waals surface area contributed by atoms with Gasteiger partial charge in [-0.15, -0.1) is 0 Å². The first-order valence-corrected chi connectivity index (χ1v) is 8.46. The van der Waals surface area contributed by atoms with Gasteiger partial charge in [0, 0.05) is 16.8 Å². The van der Waals surface area contributed by atoms with E-state index in [1.165, 1.54) is 6.07 Å². The number of phenols is 1. The highest BCUT2D eigenvalue weighted by Gasteiger charge is 2.34. The molecule has 0 saturated carbocycles. The van der Waals surface area contributed by atoms with Crippen LogP contribution in [0.25, 0.3) is 34.2 Å². The summed E-state index contributed by atoms with van der Waals surface area (Å²) in [7, 11) is 0. The Morgan fingerprint density at radius 2 is 1.64 bits per heavy atom. The van der Waals surface area contributed by atoms with E-state index in [2.05, 4.69) is 9.97 Å². The number of aromatic nitrogens is 2. The van der Waals surface area contributed by atoms with Crippen LogP contribution in [0.15, 0.2) is 65.1 Å². The fraction of sp³-hybridized carbons (Fsp3) is 0.0952. The van der Waals surface area contributed by atoms with Gasteiger partial charge in [-0.05, 0) is 37.3 Å². The van der Waals surface area contributed by atoms with Crippen molar-refractivity contribution in [3.05, 3.63) is 71.9 Å². The predicted octanol–water partition coefficient (Wildman–Crippen LogP) is 6.04. The molecule has 0 saturated heterocycles. The Morgan fingerprint density at radius 3 is 2.36 bits per heavy atom. The van der Waals surface area contributed by atoms with Gasteiger partial charge in [0.15, 0.2) is 11.6 Å². The molecule has 7 heteroatoms. The standard InChI is InChI=1S/C21H15F3N2O2/c1-12-19(13-5-3-2-4-6-13)26-20(25-12)18-10-9-17(28-18)14-7-8-16(27)15(11-14)21(22,23)24/h2-11,27H,1H3,(H,25,26). The third-order valence-corrected chi connectivity index (χ3v) is 4.36. The number of imidazole rings is 1. The van der Waals surface area contributed by atoms with Crippen LogP contribution in [-0.2, 0) is 6.18 Å². The lowest BCUT2D eigenvalue weighted by atomic mass is 10.1. The number of aryl methyl sites for hydroxylation is 1. The first-order valence-electron chi connectivity index (χ1n) is 8.46. The van der Waals surface area contributed by atoms with Crippen molar-refractivity contribution in [1.29, 1.82) is 0 Å². The van der Waals surface area contributed by atoms with Crippen LogP contribution < -0.4 is 0 Å². The monoisotopic (exact) mass is 384 g/mol. The van der Waals surface area contributed by atoms with Gasteiger partial charge in [-0.25, -0.2) is 4.98 Å². The number of nitrogens with zero attached hydrogens (tertiary/aromatic N) is 1. The fourth-order valence-electron chi connectivity index (χ4n) is 2.99. The second-order valence-corrected chi connectivity index (χ2v) is 6.32. The summed E-state index contributed by atoms with van der Waals surface area (Å²) in [5, 5.41) is 9.48. The zero-order valence-electron chi connectivity index (χ0n) is 14.7. The Morgan fingerprint density at radius 1 is 0.929 bits per heavy atom. The summed E-state index contributed by atoms with van der Waals surface area (Å²) in [6.45, 7) is 1.89. The topological polar surface area (TPSA) is 62.0 Å². The third-order valence-electron chi connectivity index (χ3n) is 4.36. The minimum Gasteiger partial charge on any atom is -0.507 e. The molecule has 4 nitrogen and oxygen atoms in total. The molecule has 2 aromatic heterocycles. The molecule has 0 unspecified atom stereocenters. The molecule has 0 radical (unpaired) electrons. The summed E-state index contributed by atoms with van der Waals surface area (Å²) in [5.74, 6) is 0.312. The summed E-state index contributed by atoms with van der Waals surface area (Å²) in [6, 6.07) is 16.1. The highest BCUT2D eigenvalue weighted by atomic mass is 19.4. The van der Waals surface area contributed by atoms with Gasteiger partial charge < -0.3 is 14.5 Å². The molecular weight excluding hydrogens is 369 g/mol. The number of aromatic amines is 1. The van der Waals surface area contributed by atoms with Crippen LogP contribution in [0.4, 0.5) is 13.2 Å². The van der Waals surface area contributed by atoms with Crippen molar-refractivity contribution in [3.8, 4) is 39.9 Å². The minimum absolute atomic E-state index is 0.211. The van der Waals surface area contributed by atoms with Gasteiger partial charge in [-0.3, -0.25) is 0 Å². The van der Waals surface area contributed by atoms with E-state index in [1.54, 1.807) is 12.1 Å². The van der Waals surface area contributed by atoms with E-state index in [4.69, 9.17) is 4.42 Å². The molecule has 0 fully saturated rings. The Kier molecular flexibility index (Phi) is 4.22. The van der Waals surface area contributed by atoms with Crippen LogP contribution in [0.2, 0.25) is 0 Å². The van der Waals surface area contributed by atoms with E-state index < -0.39 is 17.5 Å². The van der Waals surface area contributed by atoms with E-state index >= 15 is 0 Å². The first kappa shape index (κ1) is 17.9. The van der Waals surface area contributed by atoms with Crippen LogP contribution in [0, 0.1) is 6.92 Å². The Labute approximate surface area is 158 Å². The largest absolute Gasteiger partial charge is 0.507 e. The van der Waals surface area contributed by atoms with Crippen molar-refractivity contribution in [2.75, 3.05) is 0 Å². The van der Waals surface area contributed by atoms with Crippen LogP contribution in [0.5, 0.6) is 5.75 Å². The molecule has 2 heterocycles. The second-order valence-electron chi connectivity index (χ2n) is 6.32. The maximum Gasteiger partial charge on any atom is 0.419 e. The molecule has 4 rings (SSSR count). The van der Waals surface area contributed by atoms with Crippen molar-refractivity contribution in [2.24, 2.45) is 0 Å². The molecule has 28 heavy (non-hydrogen) atoms. The molecule has 0 amide bonds. The van der Waals surface area contributed by atoms with Gasteiger partial charge >= 0.3 is 6.18 Å². The normalized spacial score (nSPS) is 11.7. The number of halogens is 3. The summed E-state index contributed by atoms with van der Waals surface area (Å²) < 4.78 is 44.8.